The fourth-order valence-corrected chi connectivity index (χ4v) is 2.34. The summed E-state index contributed by atoms with van der Waals surface area (Å²) in [5, 5.41) is 2.89. The summed E-state index contributed by atoms with van der Waals surface area (Å²) in [5.41, 5.74) is 3.52. The number of amides is 1. The van der Waals surface area contributed by atoms with Crippen molar-refractivity contribution in [1.29, 1.82) is 0 Å². The molecule has 3 aromatic rings. The second-order valence-electron chi connectivity index (χ2n) is 5.06. The minimum Gasteiger partial charge on any atom is -0.350 e. The first-order chi connectivity index (χ1) is 10.1. The van der Waals surface area contributed by atoms with E-state index in [1.54, 1.807) is 6.33 Å². The Labute approximate surface area is 122 Å². The highest BCUT2D eigenvalue weighted by Gasteiger charge is 2.12. The zero-order valence-electron chi connectivity index (χ0n) is 12.1. The van der Waals surface area contributed by atoms with Crippen molar-refractivity contribution in [3.8, 4) is 0 Å². The first-order valence-electron chi connectivity index (χ1n) is 6.79. The van der Waals surface area contributed by atoms with Gasteiger partial charge in [0.1, 0.15) is 5.65 Å². The molecule has 0 radical (unpaired) electrons. The first-order valence-corrected chi connectivity index (χ1v) is 6.79. The van der Waals surface area contributed by atoms with Crippen molar-refractivity contribution >= 4 is 11.6 Å². The number of carbonyl (C=O) groups is 1. The molecule has 0 aromatic carbocycles. The summed E-state index contributed by atoms with van der Waals surface area (Å²) in [6, 6.07) is 5.80. The Morgan fingerprint density at radius 3 is 3.00 bits per heavy atom. The molecule has 0 fully saturated rings. The van der Waals surface area contributed by atoms with E-state index < -0.39 is 0 Å². The number of aryl methyl sites for hydroxylation is 2. The summed E-state index contributed by atoms with van der Waals surface area (Å²) in [5.74, 6) is -0.0330. The van der Waals surface area contributed by atoms with Crippen molar-refractivity contribution in [3.05, 3.63) is 54.0 Å². The predicted octanol–water partition coefficient (Wildman–Crippen LogP) is 1.24. The van der Waals surface area contributed by atoms with Crippen LogP contribution in [0.2, 0.25) is 0 Å². The largest absolute Gasteiger partial charge is 0.350 e. The Morgan fingerprint density at radius 2 is 2.24 bits per heavy atom. The maximum Gasteiger partial charge on any atom is 0.226 e. The smallest absolute Gasteiger partial charge is 0.226 e. The molecule has 0 aliphatic carbocycles. The minimum atomic E-state index is -0.0330. The molecule has 6 nitrogen and oxygen atoms in total. The van der Waals surface area contributed by atoms with Gasteiger partial charge in [-0.05, 0) is 19.1 Å². The summed E-state index contributed by atoms with van der Waals surface area (Å²) in [6.45, 7) is 2.36. The van der Waals surface area contributed by atoms with Crippen LogP contribution in [0.1, 0.15) is 17.1 Å². The van der Waals surface area contributed by atoms with Crippen LogP contribution in [0, 0.1) is 6.92 Å². The third-order valence-corrected chi connectivity index (χ3v) is 3.38. The average molecular weight is 283 g/mol. The molecule has 3 rings (SSSR count). The summed E-state index contributed by atoms with van der Waals surface area (Å²) < 4.78 is 3.81. The van der Waals surface area contributed by atoms with Gasteiger partial charge in [-0.3, -0.25) is 4.79 Å². The summed E-state index contributed by atoms with van der Waals surface area (Å²) in [6.07, 6.45) is 5.84. The van der Waals surface area contributed by atoms with Crippen molar-refractivity contribution in [2.75, 3.05) is 0 Å². The molecule has 0 bridgehead atoms. The molecule has 0 spiro atoms. The van der Waals surface area contributed by atoms with Crippen molar-refractivity contribution < 1.29 is 4.79 Å². The number of hydrogen-bond acceptors (Lipinski definition) is 3. The number of aromatic nitrogens is 4. The van der Waals surface area contributed by atoms with Gasteiger partial charge < -0.3 is 14.3 Å². The molecule has 1 N–H and O–H groups in total. The topological polar surface area (TPSA) is 64.2 Å². The van der Waals surface area contributed by atoms with Gasteiger partial charge in [-0.2, -0.15) is 0 Å². The average Bonchev–Trinajstić information content (AvgIpc) is 3.01. The molecule has 0 unspecified atom stereocenters. The van der Waals surface area contributed by atoms with Crippen molar-refractivity contribution in [2.45, 2.75) is 19.9 Å². The van der Waals surface area contributed by atoms with Gasteiger partial charge >= 0.3 is 0 Å². The third-order valence-electron chi connectivity index (χ3n) is 3.38. The summed E-state index contributed by atoms with van der Waals surface area (Å²) in [4.78, 5) is 20.7. The van der Waals surface area contributed by atoms with E-state index in [1.807, 2.05) is 53.5 Å². The number of rotatable bonds is 4. The maximum atomic E-state index is 12.1. The van der Waals surface area contributed by atoms with Gasteiger partial charge in [0.25, 0.3) is 0 Å². The summed E-state index contributed by atoms with van der Waals surface area (Å²) >= 11 is 0. The lowest BCUT2D eigenvalue weighted by Gasteiger charge is -2.04. The fourth-order valence-electron chi connectivity index (χ4n) is 2.34. The van der Waals surface area contributed by atoms with E-state index in [9.17, 15) is 4.79 Å². The van der Waals surface area contributed by atoms with E-state index in [0.717, 1.165) is 22.7 Å². The van der Waals surface area contributed by atoms with Gasteiger partial charge in [0.15, 0.2) is 0 Å². The van der Waals surface area contributed by atoms with E-state index in [-0.39, 0.29) is 5.91 Å². The van der Waals surface area contributed by atoms with E-state index in [4.69, 9.17) is 0 Å². The number of imidazole rings is 2. The molecule has 0 atom stereocenters. The zero-order chi connectivity index (χ0) is 14.8. The van der Waals surface area contributed by atoms with E-state index in [1.165, 1.54) is 0 Å². The van der Waals surface area contributed by atoms with Crippen LogP contribution >= 0.6 is 0 Å². The van der Waals surface area contributed by atoms with E-state index in [0.29, 0.717) is 13.0 Å². The Balaban J connectivity index is 1.70. The van der Waals surface area contributed by atoms with Crippen LogP contribution in [0.5, 0.6) is 0 Å². The highest BCUT2D eigenvalue weighted by atomic mass is 16.1. The first kappa shape index (κ1) is 13.4. The highest BCUT2D eigenvalue weighted by Crippen LogP contribution is 2.12. The Bertz CT molecular complexity index is 786. The van der Waals surface area contributed by atoms with Gasteiger partial charge in [-0.25, -0.2) is 9.97 Å². The molecule has 3 heterocycles. The highest BCUT2D eigenvalue weighted by molar-refractivity contribution is 5.78. The fraction of sp³-hybridized carbons (Fsp3) is 0.267. The van der Waals surface area contributed by atoms with Crippen LogP contribution in [0.15, 0.2) is 36.9 Å². The molecule has 0 aliphatic rings. The van der Waals surface area contributed by atoms with Crippen molar-refractivity contribution in [3.63, 3.8) is 0 Å². The molecule has 3 aromatic heterocycles. The normalized spacial score (nSPS) is 11.0. The standard InChI is InChI=1S/C15H17N5O/c1-11-13(20-6-4-3-5-14(20)18-11)7-15(21)16-8-12-9-19(2)10-17-12/h3-6,9-10H,7-8H2,1-2H3,(H,16,21). The van der Waals surface area contributed by atoms with Crippen LogP contribution in [-0.4, -0.2) is 24.8 Å². The molecule has 6 heteroatoms. The third kappa shape index (κ3) is 2.79. The minimum absolute atomic E-state index is 0.0330. The monoisotopic (exact) mass is 283 g/mol. The lowest BCUT2D eigenvalue weighted by atomic mass is 10.2. The number of hydrogen-bond donors (Lipinski definition) is 1. The molecule has 0 aliphatic heterocycles. The lowest BCUT2D eigenvalue weighted by molar-refractivity contribution is -0.120. The number of pyridine rings is 1. The second-order valence-corrected chi connectivity index (χ2v) is 5.06. The Hall–Kier alpha value is -2.63. The second kappa shape index (κ2) is 5.40. The molecule has 1 amide bonds. The Morgan fingerprint density at radius 1 is 1.38 bits per heavy atom. The number of nitrogens with one attached hydrogen (secondary N) is 1. The van der Waals surface area contributed by atoms with Crippen LogP contribution in [0.25, 0.3) is 5.65 Å². The summed E-state index contributed by atoms with van der Waals surface area (Å²) in [7, 11) is 1.90. The van der Waals surface area contributed by atoms with E-state index in [2.05, 4.69) is 15.3 Å². The van der Waals surface area contributed by atoms with Crippen LogP contribution in [0.3, 0.4) is 0 Å². The maximum absolute atomic E-state index is 12.1. The molecule has 0 saturated carbocycles. The van der Waals surface area contributed by atoms with E-state index >= 15 is 0 Å². The molecular weight excluding hydrogens is 266 g/mol. The molecule has 108 valence electrons. The van der Waals surface area contributed by atoms with Gasteiger partial charge in [0.2, 0.25) is 5.91 Å². The molecule has 21 heavy (non-hydrogen) atoms. The lowest BCUT2D eigenvalue weighted by Crippen LogP contribution is -2.25. The van der Waals surface area contributed by atoms with Gasteiger partial charge in [0, 0.05) is 19.4 Å². The molecule has 0 saturated heterocycles. The van der Waals surface area contributed by atoms with Gasteiger partial charge in [-0.1, -0.05) is 6.07 Å². The zero-order valence-corrected chi connectivity index (χ0v) is 12.1. The predicted molar refractivity (Wildman–Crippen MR) is 78.7 cm³/mol. The number of carbonyl (C=O) groups excluding carboxylic acids is 1. The molecular formula is C15H17N5O. The van der Waals surface area contributed by atoms with Gasteiger partial charge in [-0.15, -0.1) is 0 Å². The van der Waals surface area contributed by atoms with Crippen LogP contribution in [0.4, 0.5) is 0 Å². The number of fused-ring (bicyclic) bond motifs is 1. The van der Waals surface area contributed by atoms with Crippen molar-refractivity contribution in [2.24, 2.45) is 7.05 Å². The van der Waals surface area contributed by atoms with Crippen molar-refractivity contribution in [1.82, 2.24) is 24.3 Å². The Kier molecular flexibility index (Phi) is 3.43. The van der Waals surface area contributed by atoms with Gasteiger partial charge in [0.05, 0.1) is 36.4 Å². The van der Waals surface area contributed by atoms with Crippen LogP contribution < -0.4 is 5.32 Å². The number of nitrogens with zero attached hydrogens (tertiary/aromatic N) is 4. The quantitative estimate of drug-likeness (QED) is 0.783. The SMILES string of the molecule is Cc1nc2ccccn2c1CC(=O)NCc1cn(C)cn1. The van der Waals surface area contributed by atoms with Crippen LogP contribution in [-0.2, 0) is 24.8 Å².